The van der Waals surface area contributed by atoms with E-state index in [9.17, 15) is 29.4 Å². The van der Waals surface area contributed by atoms with Gasteiger partial charge in [0.05, 0.1) is 11.9 Å². The second kappa shape index (κ2) is 13.3. The zero-order chi connectivity index (χ0) is 16.3. The van der Waals surface area contributed by atoms with E-state index in [1.54, 1.807) is 0 Å². The van der Waals surface area contributed by atoms with Crippen molar-refractivity contribution in [1.29, 1.82) is 0 Å². The van der Waals surface area contributed by atoms with E-state index in [1.165, 1.54) is 0 Å². The summed E-state index contributed by atoms with van der Waals surface area (Å²) >= 11 is 0. The molecule has 0 aliphatic rings. The summed E-state index contributed by atoms with van der Waals surface area (Å²) in [5.41, 5.74) is 9.88. The molecule has 1 radical (unpaired) electrons. The molecule has 0 amide bonds. The molecule has 0 aromatic heterocycles. The Labute approximate surface area is 130 Å². The average Bonchev–Trinajstić information content (AvgIpc) is 2.33. The number of hydrogen-bond acceptors (Lipinski definition) is 8. The molecule has 0 fully saturated rings. The third-order valence-corrected chi connectivity index (χ3v) is 1.94. The van der Waals surface area contributed by atoms with Crippen LogP contribution >= 0.6 is 0 Å². The Kier molecular flexibility index (Phi) is 15.4. The van der Waals surface area contributed by atoms with Gasteiger partial charge in [0.2, 0.25) is 0 Å². The van der Waals surface area contributed by atoms with Gasteiger partial charge in [0.15, 0.2) is 0 Å². The van der Waals surface area contributed by atoms with Crippen molar-refractivity contribution in [2.24, 2.45) is 11.5 Å². The van der Waals surface area contributed by atoms with Crippen LogP contribution in [0.2, 0.25) is 0 Å². The van der Waals surface area contributed by atoms with Crippen LogP contribution in [0.4, 0.5) is 0 Å². The van der Waals surface area contributed by atoms with Gasteiger partial charge < -0.3 is 41.5 Å². The average molecular weight is 347 g/mol. The smallest absolute Gasteiger partial charge is 0.548 e. The summed E-state index contributed by atoms with van der Waals surface area (Å²) in [4.78, 5) is 39.5. The van der Waals surface area contributed by atoms with Gasteiger partial charge in [-0.2, -0.15) is 0 Å². The van der Waals surface area contributed by atoms with Crippen molar-refractivity contribution in [3.63, 3.8) is 0 Å². The topological polar surface area (TPSA) is 207 Å². The fourth-order valence-electron chi connectivity index (χ4n) is 0.794. The predicted molar refractivity (Wildman–Crippen MR) is 59.7 cm³/mol. The summed E-state index contributed by atoms with van der Waals surface area (Å²) in [6.45, 7) is 0. The van der Waals surface area contributed by atoms with Gasteiger partial charge in [0.1, 0.15) is 0 Å². The normalized spacial score (nSPS) is 11.9. The van der Waals surface area contributed by atoms with E-state index >= 15 is 0 Å². The molecule has 2 atom stereocenters. The first-order chi connectivity index (χ1) is 9.07. The van der Waals surface area contributed by atoms with E-state index in [4.69, 9.17) is 21.7 Å². The van der Waals surface area contributed by atoms with E-state index in [0.717, 1.165) is 0 Å². The van der Waals surface area contributed by atoms with Crippen molar-refractivity contribution >= 4 is 23.9 Å². The van der Waals surface area contributed by atoms with Crippen molar-refractivity contribution in [2.45, 2.75) is 37.8 Å². The fourth-order valence-corrected chi connectivity index (χ4v) is 0.794. The predicted octanol–water partition coefficient (Wildman–Crippen LogP) is -4.15. The molecule has 0 spiro atoms. The van der Waals surface area contributed by atoms with Crippen LogP contribution in [0.3, 0.4) is 0 Å². The SMILES string of the molecule is N[C@@H](CCC(=O)O)C(=O)[O-].N[C@@H](CCC(=O)O)C(=O)[O-].[Mn+2]. The van der Waals surface area contributed by atoms with Crippen LogP contribution < -0.4 is 21.7 Å². The van der Waals surface area contributed by atoms with Crippen LogP contribution in [-0.4, -0.2) is 46.2 Å². The summed E-state index contributed by atoms with van der Waals surface area (Å²) in [5.74, 6) is -4.95. The molecule has 0 aliphatic heterocycles. The van der Waals surface area contributed by atoms with Crippen LogP contribution in [0.1, 0.15) is 25.7 Å². The number of rotatable bonds is 8. The standard InChI is InChI=1S/2C5H9NO4.Mn/c2*6-3(5(9)10)1-2-4(7)8;/h2*3H,1-2,6H2,(H,7,8)(H,9,10);/q;;+2/p-2/t2*3-;/m00./s1. The maximum absolute atomic E-state index is 9.88. The van der Waals surface area contributed by atoms with Crippen LogP contribution in [0.25, 0.3) is 0 Å². The molecular formula is C10H16MnN2O8. The third-order valence-electron chi connectivity index (χ3n) is 1.94. The second-order valence-corrected chi connectivity index (χ2v) is 3.72. The summed E-state index contributed by atoms with van der Waals surface area (Å²) in [6.07, 6.45) is -0.653. The molecule has 0 aliphatic carbocycles. The monoisotopic (exact) mass is 347 g/mol. The van der Waals surface area contributed by atoms with Crippen molar-refractivity contribution in [3.05, 3.63) is 0 Å². The first kappa shape index (κ1) is 24.3. The van der Waals surface area contributed by atoms with Crippen molar-refractivity contribution in [3.8, 4) is 0 Å². The molecule has 121 valence electrons. The van der Waals surface area contributed by atoms with Crippen LogP contribution in [-0.2, 0) is 36.2 Å². The molecule has 10 nitrogen and oxygen atoms in total. The number of carboxylic acid groups (broad SMARTS) is 4. The van der Waals surface area contributed by atoms with Gasteiger partial charge in [-0.25, -0.2) is 0 Å². The minimum Gasteiger partial charge on any atom is -0.548 e. The van der Waals surface area contributed by atoms with Gasteiger partial charge in [-0.15, -0.1) is 0 Å². The number of carboxylic acids is 4. The maximum atomic E-state index is 9.88. The van der Waals surface area contributed by atoms with Crippen LogP contribution in [0, 0.1) is 0 Å². The van der Waals surface area contributed by atoms with Crippen LogP contribution in [0.15, 0.2) is 0 Å². The zero-order valence-corrected chi connectivity index (χ0v) is 12.0. The molecule has 11 heteroatoms. The van der Waals surface area contributed by atoms with E-state index in [0.29, 0.717) is 0 Å². The number of aliphatic carboxylic acids is 4. The van der Waals surface area contributed by atoms with Crippen LogP contribution in [0.5, 0.6) is 0 Å². The van der Waals surface area contributed by atoms with Gasteiger partial charge in [-0.05, 0) is 12.8 Å². The summed E-state index contributed by atoms with van der Waals surface area (Å²) in [5, 5.41) is 35.9. The molecular weight excluding hydrogens is 331 g/mol. The molecule has 0 aromatic rings. The van der Waals surface area contributed by atoms with E-state index in [-0.39, 0.29) is 42.8 Å². The summed E-state index contributed by atoms with van der Waals surface area (Å²) in [7, 11) is 0. The Morgan fingerprint density at radius 1 is 0.810 bits per heavy atom. The molecule has 0 heterocycles. The quantitative estimate of drug-likeness (QED) is 0.312. The molecule has 0 aromatic carbocycles. The molecule has 6 N–H and O–H groups in total. The zero-order valence-electron chi connectivity index (χ0n) is 10.9. The first-order valence-corrected chi connectivity index (χ1v) is 5.44. The molecule has 0 unspecified atom stereocenters. The van der Waals surface area contributed by atoms with Gasteiger partial charge in [0.25, 0.3) is 0 Å². The van der Waals surface area contributed by atoms with Crippen molar-refractivity contribution < 1.29 is 56.7 Å². The molecule has 0 saturated heterocycles. The van der Waals surface area contributed by atoms with E-state index in [1.807, 2.05) is 0 Å². The van der Waals surface area contributed by atoms with Gasteiger partial charge in [-0.3, -0.25) is 9.59 Å². The number of hydrogen-bond donors (Lipinski definition) is 4. The molecule has 21 heavy (non-hydrogen) atoms. The molecule has 0 saturated carbocycles. The summed E-state index contributed by atoms with van der Waals surface area (Å²) in [6, 6.07) is -2.34. The minimum atomic E-state index is -1.42. The van der Waals surface area contributed by atoms with Crippen molar-refractivity contribution in [2.75, 3.05) is 0 Å². The number of carbonyl (C=O) groups excluding carboxylic acids is 2. The first-order valence-electron chi connectivity index (χ1n) is 5.44. The van der Waals surface area contributed by atoms with Gasteiger partial charge in [-0.1, -0.05) is 0 Å². The number of nitrogens with two attached hydrogens (primary N) is 2. The Bertz CT molecular complexity index is 329. The maximum Gasteiger partial charge on any atom is 2.00 e. The Morgan fingerprint density at radius 2 is 1.05 bits per heavy atom. The van der Waals surface area contributed by atoms with Crippen molar-refractivity contribution in [1.82, 2.24) is 0 Å². The van der Waals surface area contributed by atoms with Gasteiger partial charge >= 0.3 is 29.0 Å². The Morgan fingerprint density at radius 3 is 1.19 bits per heavy atom. The largest absolute Gasteiger partial charge is 2.00 e. The van der Waals surface area contributed by atoms with Gasteiger partial charge in [0, 0.05) is 24.9 Å². The molecule has 0 bridgehead atoms. The fraction of sp³-hybridized carbons (Fsp3) is 0.600. The summed E-state index contributed by atoms with van der Waals surface area (Å²) < 4.78 is 0. The van der Waals surface area contributed by atoms with E-state index in [2.05, 4.69) is 0 Å². The number of carbonyl (C=O) groups is 4. The van der Waals surface area contributed by atoms with E-state index < -0.39 is 36.0 Å². The Hall–Kier alpha value is -1.68. The third kappa shape index (κ3) is 18.3. The second-order valence-electron chi connectivity index (χ2n) is 3.72. The Balaban J connectivity index is -0.000000295. The molecule has 0 rings (SSSR count). The minimum absolute atomic E-state index is 0.